The van der Waals surface area contributed by atoms with Gasteiger partial charge >= 0.3 is 11.9 Å². The van der Waals surface area contributed by atoms with E-state index in [1.807, 2.05) is 24.3 Å². The number of aliphatic imine (C=N–C) groups is 1. The van der Waals surface area contributed by atoms with Gasteiger partial charge in [-0.1, -0.05) is 77.9 Å². The number of nitrogens with one attached hydrogen (secondary N) is 13. The number of carboxylic acids is 2. The largest absolute Gasteiger partial charge is 0.481 e. The molecule has 4 heterocycles. The van der Waals surface area contributed by atoms with Crippen LogP contribution in [-0.4, -0.2) is 242 Å². The Morgan fingerprint density at radius 3 is 1.57 bits per heavy atom. The first kappa shape index (κ1) is 94.1. The van der Waals surface area contributed by atoms with E-state index in [0.717, 1.165) is 16.5 Å². The Labute approximate surface area is 677 Å². The molecular formula is C78H117N21O18. The third kappa shape index (κ3) is 29.5. The van der Waals surface area contributed by atoms with E-state index >= 15 is 0 Å². The van der Waals surface area contributed by atoms with Crippen LogP contribution in [0.25, 0.3) is 21.8 Å². The van der Waals surface area contributed by atoms with Gasteiger partial charge in [-0.15, -0.1) is 0 Å². The molecule has 2 aromatic heterocycles. The molecule has 0 aliphatic carbocycles. The van der Waals surface area contributed by atoms with E-state index in [0.29, 0.717) is 42.1 Å². The van der Waals surface area contributed by atoms with Crippen molar-refractivity contribution in [3.63, 3.8) is 0 Å². The SMILES string of the molecule is CC(C)C[C@H](NC(=O)[C@H](C)NC(=O)[C@H](CCCCN)NC(=O)CNC(=O)[C@@H]1CCCN1C(=O)[C@@H]1CCCN1C(=O)[C@H](CCC(N)=O)NC(=O)[C@H](CCCN=C(N)N)NC(=O)[C@@H](NC(=O)[C@@H](N)Cc1c[nH]c2ccccc12)C(C)C)C(=O)N[C@@H](CCC(=O)O)C(=O)N[C@@H](Cc1c[nH]c2ccccc12)C(=O)N[C@@H](CC(C)C)C(=O)NCC(=O)O. The highest BCUT2D eigenvalue weighted by molar-refractivity contribution is 6.01. The molecule has 39 heteroatoms. The molecule has 2 saturated heterocycles. The molecule has 6 rings (SSSR count). The number of fused-ring (bicyclic) bond motifs is 2. The number of guanidine groups is 1. The fraction of sp³-hybridized carbons (Fsp3) is 0.577. The van der Waals surface area contributed by atoms with Crippen LogP contribution in [0.5, 0.6) is 0 Å². The van der Waals surface area contributed by atoms with Crippen LogP contribution in [0, 0.1) is 17.8 Å². The fourth-order valence-electron chi connectivity index (χ4n) is 14.0. The molecule has 2 fully saturated rings. The minimum absolute atomic E-state index is 0.00327. The van der Waals surface area contributed by atoms with Crippen molar-refractivity contribution >= 4 is 122 Å². The zero-order valence-electron chi connectivity index (χ0n) is 67.4. The maximum atomic E-state index is 14.8. The number of likely N-dealkylation sites (tertiary alicyclic amines) is 2. The van der Waals surface area contributed by atoms with Crippen LogP contribution >= 0.6 is 0 Å². The smallest absolute Gasteiger partial charge is 0.322 e. The summed E-state index contributed by atoms with van der Waals surface area (Å²) in [6, 6.07) is -1.44. The van der Waals surface area contributed by atoms with E-state index in [2.05, 4.69) is 73.4 Å². The number of rotatable bonds is 48. The first-order chi connectivity index (χ1) is 55.5. The molecule has 4 aromatic rings. The van der Waals surface area contributed by atoms with Gasteiger partial charge in [0.05, 0.1) is 12.6 Å². The molecule has 14 amide bonds. The summed E-state index contributed by atoms with van der Waals surface area (Å²) >= 11 is 0. The summed E-state index contributed by atoms with van der Waals surface area (Å²) in [7, 11) is 0. The number of aromatic nitrogens is 2. The van der Waals surface area contributed by atoms with Crippen molar-refractivity contribution in [2.75, 3.05) is 39.3 Å². The van der Waals surface area contributed by atoms with Crippen LogP contribution in [-0.2, 0) is 89.6 Å². The number of nitrogens with two attached hydrogens (primary N) is 5. The predicted octanol–water partition coefficient (Wildman–Crippen LogP) is -2.50. The molecule has 25 N–H and O–H groups in total. The highest BCUT2D eigenvalue weighted by atomic mass is 16.4. The van der Waals surface area contributed by atoms with Crippen LogP contribution in [0.2, 0.25) is 0 Å². The van der Waals surface area contributed by atoms with E-state index < -0.39 is 205 Å². The van der Waals surface area contributed by atoms with Crippen LogP contribution < -0.4 is 87.2 Å². The number of H-pyrrole nitrogens is 2. The number of aromatic amines is 2. The number of hydrogen-bond donors (Lipinski definition) is 20. The van der Waals surface area contributed by atoms with Crippen LogP contribution in [0.4, 0.5) is 0 Å². The third-order valence-corrected chi connectivity index (χ3v) is 20.1. The molecule has 2 aliphatic rings. The van der Waals surface area contributed by atoms with Gasteiger partial charge in [-0.25, -0.2) is 0 Å². The molecular weight excluding hydrogens is 1520 g/mol. The molecule has 0 radical (unpaired) electrons. The third-order valence-electron chi connectivity index (χ3n) is 20.1. The van der Waals surface area contributed by atoms with Crippen molar-refractivity contribution in [3.05, 3.63) is 72.1 Å². The minimum atomic E-state index is -1.65. The Kier molecular flexibility index (Phi) is 37.1. The predicted molar refractivity (Wildman–Crippen MR) is 430 cm³/mol. The van der Waals surface area contributed by atoms with Crippen LogP contribution in [0.15, 0.2) is 65.9 Å². The van der Waals surface area contributed by atoms with Gasteiger partial charge in [0.15, 0.2) is 5.96 Å². The van der Waals surface area contributed by atoms with E-state index in [4.69, 9.17) is 28.7 Å². The zero-order valence-corrected chi connectivity index (χ0v) is 67.4. The molecule has 642 valence electrons. The van der Waals surface area contributed by atoms with Crippen molar-refractivity contribution in [2.24, 2.45) is 51.4 Å². The summed E-state index contributed by atoms with van der Waals surface area (Å²) in [5.74, 6) is -15.4. The summed E-state index contributed by atoms with van der Waals surface area (Å²) in [6.45, 7) is 10.6. The number of benzene rings is 2. The van der Waals surface area contributed by atoms with Gasteiger partial charge in [0.2, 0.25) is 82.7 Å². The van der Waals surface area contributed by atoms with E-state index in [1.54, 1.807) is 78.2 Å². The average Bonchev–Trinajstić information content (AvgIpc) is 1.67. The molecule has 12 atom stereocenters. The lowest BCUT2D eigenvalue weighted by molar-refractivity contribution is -0.148. The Hall–Kier alpha value is -11.8. The van der Waals surface area contributed by atoms with Crippen molar-refractivity contribution in [3.8, 4) is 0 Å². The van der Waals surface area contributed by atoms with Gasteiger partial charge in [0, 0.05) is 73.1 Å². The minimum Gasteiger partial charge on any atom is -0.481 e. The van der Waals surface area contributed by atoms with E-state index in [9.17, 15) is 86.9 Å². The molecule has 2 aliphatic heterocycles. The molecule has 0 unspecified atom stereocenters. The summed E-state index contributed by atoms with van der Waals surface area (Å²) < 4.78 is 0. The second-order valence-corrected chi connectivity index (χ2v) is 30.8. The lowest BCUT2D eigenvalue weighted by atomic mass is 10.00. The second-order valence-electron chi connectivity index (χ2n) is 30.8. The number of amides is 14. The number of carboxylic acid groups (broad SMARTS) is 2. The van der Waals surface area contributed by atoms with Gasteiger partial charge in [0.25, 0.3) is 0 Å². The van der Waals surface area contributed by atoms with Crippen molar-refractivity contribution in [1.29, 1.82) is 0 Å². The quantitative estimate of drug-likeness (QED) is 0.0124. The van der Waals surface area contributed by atoms with Gasteiger partial charge in [-0.3, -0.25) is 81.7 Å². The first-order valence-electron chi connectivity index (χ1n) is 39.7. The van der Waals surface area contributed by atoms with Gasteiger partial charge in [-0.2, -0.15) is 0 Å². The summed E-state index contributed by atoms with van der Waals surface area (Å²) in [4.78, 5) is 233. The lowest BCUT2D eigenvalue weighted by Gasteiger charge is -2.33. The Morgan fingerprint density at radius 2 is 0.991 bits per heavy atom. The number of primary amides is 1. The Bertz CT molecular complexity index is 4200. The highest BCUT2D eigenvalue weighted by Gasteiger charge is 2.45. The number of para-hydroxylation sites is 2. The number of hydrogen-bond acceptors (Lipinski definition) is 19. The number of unbranched alkanes of at least 4 members (excludes halogenated alkanes) is 1. The highest BCUT2D eigenvalue weighted by Crippen LogP contribution is 2.28. The molecule has 0 saturated carbocycles. The van der Waals surface area contributed by atoms with Crippen molar-refractivity contribution in [1.82, 2.24) is 78.3 Å². The number of aliphatic carboxylic acids is 2. The van der Waals surface area contributed by atoms with Gasteiger partial charge in [0.1, 0.15) is 73.0 Å². The molecule has 0 spiro atoms. The van der Waals surface area contributed by atoms with Gasteiger partial charge < -0.3 is 117 Å². The Balaban J connectivity index is 1.09. The number of carbonyl (C=O) groups excluding carboxylic acids is 14. The standard InChI is InChI=1S/C78H117N21O18/c1-41(2)33-56(68(108)88-40-64(104)105)95-73(113)58(36-46-38-86-51-20-11-9-18-48(46)51)96-71(111)54(26-28-63(102)103)91-72(112)57(34-42(3)4)94-66(106)44(7)89-69(109)52(21-12-13-29-79)90-62(101)39-87-74(114)59-23-15-31-98(59)77(117)60-24-16-32-99(60)76(116)55(25-27-61(81)100)93-70(110)53(22-14-30-84-78(82)83)92-75(115)65(43(5)6)97-67(107)49(80)35-45-37-85-50-19-10-8-17-47(45)50/h8-11,17-20,37-38,41-44,49,52-60,65,85-86H,12-16,21-36,39-40,79-80H2,1-7H3,(H2,81,100)(H,87,114)(H,88,108)(H,89,109)(H,90,101)(H,91,112)(H,92,115)(H,93,110)(H,94,106)(H,95,113)(H,96,111)(H,97,107)(H,102,103)(H,104,105)(H4,82,83,84)/t44-,49-,52-,53-,54-,55-,56-,57-,58-,59-,60-,65-/m0/s1. The lowest BCUT2D eigenvalue weighted by Crippen LogP contribution is -2.60. The maximum Gasteiger partial charge on any atom is 0.322 e. The summed E-state index contributed by atoms with van der Waals surface area (Å²) in [5.41, 5.74) is 31.7. The summed E-state index contributed by atoms with van der Waals surface area (Å²) in [5, 5.41) is 49.0. The topological polar surface area (TPSA) is 626 Å². The Morgan fingerprint density at radius 1 is 0.496 bits per heavy atom. The first-order valence-corrected chi connectivity index (χ1v) is 39.7. The van der Waals surface area contributed by atoms with E-state index in [1.165, 1.54) is 16.7 Å². The normalized spacial score (nSPS) is 16.5. The average molecular weight is 1640 g/mol. The van der Waals surface area contributed by atoms with E-state index in [-0.39, 0.29) is 108 Å². The fourth-order valence-corrected chi connectivity index (χ4v) is 14.0. The summed E-state index contributed by atoms with van der Waals surface area (Å²) in [6.07, 6.45) is 3.13. The second kappa shape index (κ2) is 46.1. The molecule has 2 aromatic carbocycles. The van der Waals surface area contributed by atoms with Crippen molar-refractivity contribution in [2.45, 2.75) is 230 Å². The van der Waals surface area contributed by atoms with Crippen molar-refractivity contribution < 1.29 is 86.9 Å². The zero-order chi connectivity index (χ0) is 86.3. The molecule has 0 bridgehead atoms. The van der Waals surface area contributed by atoms with Crippen LogP contribution in [0.3, 0.4) is 0 Å². The number of carbonyl (C=O) groups is 16. The number of nitrogens with zero attached hydrogens (tertiary/aromatic N) is 3. The molecule has 39 nitrogen and oxygen atoms in total. The monoisotopic (exact) mass is 1640 g/mol. The molecule has 117 heavy (non-hydrogen) atoms. The van der Waals surface area contributed by atoms with Gasteiger partial charge in [-0.05, 0) is 144 Å². The maximum absolute atomic E-state index is 14.8. The van der Waals surface area contributed by atoms with Crippen LogP contribution in [0.1, 0.15) is 156 Å².